The summed E-state index contributed by atoms with van der Waals surface area (Å²) in [5.74, 6) is -1.03. The number of carbonyl (C=O) groups is 3. The van der Waals surface area contributed by atoms with Gasteiger partial charge >= 0.3 is 17.9 Å². The van der Waals surface area contributed by atoms with E-state index in [0.29, 0.717) is 19.3 Å². The number of esters is 3. The summed E-state index contributed by atoms with van der Waals surface area (Å²) in [6, 6.07) is 0. The molecule has 0 fully saturated rings. The van der Waals surface area contributed by atoms with Crippen molar-refractivity contribution in [3.05, 3.63) is 109 Å². The smallest absolute Gasteiger partial charge is 0.306 e. The molecule has 1 atom stereocenters. The molecule has 0 rings (SSSR count). The monoisotopic (exact) mass is 859 g/mol. The standard InChI is InChI=1S/C56H90O6/c1-4-7-10-13-16-19-22-25-27-29-31-34-37-40-43-46-49-55(58)61-52-53(51-60-54(57)48-45-42-39-36-33-30-24-21-18-15-12-9-6-3)62-56(59)50-47-44-41-38-35-32-28-26-23-20-17-14-11-8-5-2/h7,9-10,12,15-16,18-19,21,24-25,27,30-31,33-34,36,39,53H,4-6,8,11,13-14,17,20,22-23,26,28-29,32,35,37-38,40-52H2,1-3H3/b10-7+,12-9+,18-15+,19-16+,24-21+,27-25+,33-30+,34-31+,39-36+. The van der Waals surface area contributed by atoms with Crippen LogP contribution in [0, 0.1) is 0 Å². The van der Waals surface area contributed by atoms with Gasteiger partial charge in [0.2, 0.25) is 0 Å². The minimum absolute atomic E-state index is 0.118. The fourth-order valence-corrected chi connectivity index (χ4v) is 6.46. The number of hydrogen-bond acceptors (Lipinski definition) is 6. The Bertz CT molecular complexity index is 1310. The van der Waals surface area contributed by atoms with Crippen LogP contribution < -0.4 is 0 Å². The van der Waals surface area contributed by atoms with Crippen LogP contribution in [-0.4, -0.2) is 37.2 Å². The first-order valence-corrected chi connectivity index (χ1v) is 25.0. The zero-order valence-electron chi connectivity index (χ0n) is 39.8. The van der Waals surface area contributed by atoms with E-state index in [2.05, 4.69) is 75.5 Å². The number of carbonyl (C=O) groups excluding carboxylic acids is 3. The van der Waals surface area contributed by atoms with Gasteiger partial charge in [-0.3, -0.25) is 14.4 Å². The molecule has 0 aliphatic carbocycles. The highest BCUT2D eigenvalue weighted by atomic mass is 16.6. The van der Waals surface area contributed by atoms with Crippen LogP contribution in [0.5, 0.6) is 0 Å². The molecule has 0 bridgehead atoms. The number of allylic oxidation sites excluding steroid dienone is 18. The van der Waals surface area contributed by atoms with Gasteiger partial charge in [0.25, 0.3) is 0 Å². The van der Waals surface area contributed by atoms with Gasteiger partial charge in [-0.1, -0.05) is 226 Å². The quantitative estimate of drug-likeness (QED) is 0.0200. The molecule has 0 saturated carbocycles. The highest BCUT2D eigenvalue weighted by molar-refractivity contribution is 5.71. The van der Waals surface area contributed by atoms with Crippen LogP contribution >= 0.6 is 0 Å². The molecule has 0 aliphatic heterocycles. The summed E-state index contributed by atoms with van der Waals surface area (Å²) in [5.41, 5.74) is 0. The summed E-state index contributed by atoms with van der Waals surface area (Å²) in [4.78, 5) is 37.9. The Morgan fingerprint density at radius 3 is 1.23 bits per heavy atom. The molecule has 350 valence electrons. The first kappa shape index (κ1) is 58.1. The maximum Gasteiger partial charge on any atom is 0.306 e. The molecule has 62 heavy (non-hydrogen) atoms. The molecule has 0 heterocycles. The lowest BCUT2D eigenvalue weighted by molar-refractivity contribution is -0.167. The van der Waals surface area contributed by atoms with Crippen LogP contribution in [0.2, 0.25) is 0 Å². The van der Waals surface area contributed by atoms with Crippen molar-refractivity contribution < 1.29 is 28.6 Å². The lowest BCUT2D eigenvalue weighted by Crippen LogP contribution is -2.30. The Morgan fingerprint density at radius 1 is 0.355 bits per heavy atom. The molecule has 0 N–H and O–H groups in total. The Balaban J connectivity index is 4.54. The minimum atomic E-state index is -0.819. The zero-order chi connectivity index (χ0) is 45.1. The molecule has 6 nitrogen and oxygen atoms in total. The molecule has 1 unspecified atom stereocenters. The Labute approximate surface area is 380 Å². The average Bonchev–Trinajstić information content (AvgIpc) is 3.27. The van der Waals surface area contributed by atoms with Gasteiger partial charge in [0.05, 0.1) is 0 Å². The third kappa shape index (κ3) is 47.1. The van der Waals surface area contributed by atoms with Crippen molar-refractivity contribution in [3.63, 3.8) is 0 Å². The van der Waals surface area contributed by atoms with E-state index in [-0.39, 0.29) is 37.5 Å². The van der Waals surface area contributed by atoms with Gasteiger partial charge < -0.3 is 14.2 Å². The number of rotatable bonds is 43. The van der Waals surface area contributed by atoms with Crippen molar-refractivity contribution in [2.24, 2.45) is 0 Å². The molecule has 0 amide bonds. The zero-order valence-corrected chi connectivity index (χ0v) is 39.8. The molecule has 0 spiro atoms. The van der Waals surface area contributed by atoms with Crippen molar-refractivity contribution in [1.82, 2.24) is 0 Å². The van der Waals surface area contributed by atoms with E-state index in [1.807, 2.05) is 54.7 Å². The number of ether oxygens (including phenoxy) is 3. The van der Waals surface area contributed by atoms with E-state index in [1.165, 1.54) is 77.0 Å². The lowest BCUT2D eigenvalue weighted by Gasteiger charge is -2.18. The van der Waals surface area contributed by atoms with Gasteiger partial charge in [0.1, 0.15) is 13.2 Å². The molecule has 0 aliphatic rings. The Hall–Kier alpha value is -3.93. The molecule has 0 aromatic carbocycles. The van der Waals surface area contributed by atoms with Gasteiger partial charge in [0.15, 0.2) is 6.10 Å². The topological polar surface area (TPSA) is 78.9 Å². The van der Waals surface area contributed by atoms with Crippen LogP contribution in [0.3, 0.4) is 0 Å². The van der Waals surface area contributed by atoms with E-state index >= 15 is 0 Å². The highest BCUT2D eigenvalue weighted by Gasteiger charge is 2.19. The first-order valence-electron chi connectivity index (χ1n) is 25.0. The minimum Gasteiger partial charge on any atom is -0.462 e. The molecule has 0 aromatic heterocycles. The molecule has 6 heteroatoms. The SMILES string of the molecule is CC/C=C/C=C/C=C/C=C/C=C/CCCC(=O)OCC(COC(=O)CCCCC/C=C/C/C=C/C/C=C/C/C=C/CC)OC(=O)CCCCCCCCCCCCCCCCC. The second-order valence-corrected chi connectivity index (χ2v) is 16.1. The van der Waals surface area contributed by atoms with E-state index in [0.717, 1.165) is 83.5 Å². The normalized spacial score (nSPS) is 13.0. The second-order valence-electron chi connectivity index (χ2n) is 16.1. The van der Waals surface area contributed by atoms with Crippen molar-refractivity contribution in [2.75, 3.05) is 13.2 Å². The maximum atomic E-state index is 12.8. The van der Waals surface area contributed by atoms with E-state index in [1.54, 1.807) is 0 Å². The van der Waals surface area contributed by atoms with Crippen molar-refractivity contribution in [1.29, 1.82) is 0 Å². The summed E-state index contributed by atoms with van der Waals surface area (Å²) in [6.07, 6.45) is 66.5. The van der Waals surface area contributed by atoms with E-state index in [9.17, 15) is 14.4 Å². The van der Waals surface area contributed by atoms with E-state index < -0.39 is 6.10 Å². The third-order valence-corrected chi connectivity index (χ3v) is 10.2. The first-order chi connectivity index (χ1) is 30.5. The molecule has 0 saturated heterocycles. The summed E-state index contributed by atoms with van der Waals surface area (Å²) in [5, 5.41) is 0. The van der Waals surface area contributed by atoms with Crippen LogP contribution in [-0.2, 0) is 28.6 Å². The van der Waals surface area contributed by atoms with E-state index in [4.69, 9.17) is 14.2 Å². The Morgan fingerprint density at radius 2 is 0.726 bits per heavy atom. The third-order valence-electron chi connectivity index (χ3n) is 10.2. The van der Waals surface area contributed by atoms with Crippen LogP contribution in [0.25, 0.3) is 0 Å². The molecule has 0 aromatic rings. The van der Waals surface area contributed by atoms with Crippen LogP contribution in [0.4, 0.5) is 0 Å². The van der Waals surface area contributed by atoms with Gasteiger partial charge in [-0.25, -0.2) is 0 Å². The predicted molar refractivity (Wildman–Crippen MR) is 265 cm³/mol. The summed E-state index contributed by atoms with van der Waals surface area (Å²) in [7, 11) is 0. The lowest BCUT2D eigenvalue weighted by atomic mass is 10.0. The van der Waals surface area contributed by atoms with Crippen molar-refractivity contribution >= 4 is 17.9 Å². The van der Waals surface area contributed by atoms with Gasteiger partial charge in [-0.15, -0.1) is 0 Å². The van der Waals surface area contributed by atoms with Crippen molar-refractivity contribution in [2.45, 2.75) is 213 Å². The fourth-order valence-electron chi connectivity index (χ4n) is 6.46. The summed E-state index contributed by atoms with van der Waals surface area (Å²) < 4.78 is 16.7. The van der Waals surface area contributed by atoms with Crippen LogP contribution in [0.15, 0.2) is 109 Å². The molecule has 0 radical (unpaired) electrons. The second kappa shape index (κ2) is 49.7. The summed E-state index contributed by atoms with van der Waals surface area (Å²) >= 11 is 0. The van der Waals surface area contributed by atoms with Crippen molar-refractivity contribution in [3.8, 4) is 0 Å². The fraction of sp³-hybridized carbons (Fsp3) is 0.625. The van der Waals surface area contributed by atoms with Crippen LogP contribution in [0.1, 0.15) is 207 Å². The predicted octanol–water partition coefficient (Wildman–Crippen LogP) is 16.4. The maximum absolute atomic E-state index is 12.8. The van der Waals surface area contributed by atoms with Gasteiger partial charge in [0, 0.05) is 19.3 Å². The molecular formula is C56H90O6. The van der Waals surface area contributed by atoms with Gasteiger partial charge in [-0.05, 0) is 70.6 Å². The number of unbranched alkanes of at least 4 members (excludes halogenated alkanes) is 18. The molecular weight excluding hydrogens is 769 g/mol. The average molecular weight is 859 g/mol. The Kier molecular flexibility index (Phi) is 46.6. The largest absolute Gasteiger partial charge is 0.462 e. The van der Waals surface area contributed by atoms with Gasteiger partial charge in [-0.2, -0.15) is 0 Å². The highest BCUT2D eigenvalue weighted by Crippen LogP contribution is 2.15. The number of hydrogen-bond donors (Lipinski definition) is 0. The summed E-state index contributed by atoms with van der Waals surface area (Å²) in [6.45, 7) is 6.28.